The Balaban J connectivity index is 0.00000112. The minimum Gasteiger partial charge on any atom is -0.315 e. The lowest BCUT2D eigenvalue weighted by Gasteiger charge is -2.09. The van der Waals surface area contributed by atoms with E-state index in [2.05, 4.69) is 10.0 Å². The zero-order chi connectivity index (χ0) is 10.0. The summed E-state index contributed by atoms with van der Waals surface area (Å²) in [7, 11) is -3.27. The fourth-order valence-electron chi connectivity index (χ4n) is 1.45. The van der Waals surface area contributed by atoms with Crippen molar-refractivity contribution in [3.05, 3.63) is 17.5 Å². The van der Waals surface area contributed by atoms with Gasteiger partial charge in [-0.15, -0.1) is 23.7 Å². The third kappa shape index (κ3) is 3.15. The van der Waals surface area contributed by atoms with E-state index in [-0.39, 0.29) is 18.4 Å². The first kappa shape index (κ1) is 12.9. The molecule has 0 unspecified atom stereocenters. The van der Waals surface area contributed by atoms with Gasteiger partial charge in [-0.2, -0.15) is 0 Å². The van der Waals surface area contributed by atoms with Gasteiger partial charge in [0.2, 0.25) is 10.0 Å². The first-order chi connectivity index (χ1) is 6.68. The van der Waals surface area contributed by atoms with Crippen LogP contribution in [0.15, 0.2) is 21.7 Å². The molecule has 0 aliphatic carbocycles. The average molecular weight is 269 g/mol. The van der Waals surface area contributed by atoms with Gasteiger partial charge < -0.3 is 5.32 Å². The number of halogens is 1. The minimum absolute atomic E-state index is 0. The Bertz CT molecular complexity index is 385. The van der Waals surface area contributed by atoms with Crippen LogP contribution in [0.2, 0.25) is 0 Å². The van der Waals surface area contributed by atoms with E-state index in [0.29, 0.717) is 4.21 Å². The highest BCUT2D eigenvalue weighted by atomic mass is 35.5. The Hall–Kier alpha value is -0.140. The van der Waals surface area contributed by atoms with E-state index in [1.807, 2.05) is 0 Å². The Morgan fingerprint density at radius 1 is 1.53 bits per heavy atom. The highest BCUT2D eigenvalue weighted by Crippen LogP contribution is 2.16. The standard InChI is InChI=1S/C8H12N2O2S2.ClH/c11-14(12,8-2-1-5-13-8)10-7-3-4-9-6-7;/h1-2,5,7,9-10H,3-4,6H2;1H/t7-;/m0./s1. The van der Waals surface area contributed by atoms with Gasteiger partial charge in [0.05, 0.1) is 0 Å². The van der Waals surface area contributed by atoms with Crippen molar-refractivity contribution in [1.82, 2.24) is 10.0 Å². The van der Waals surface area contributed by atoms with Gasteiger partial charge in [0.1, 0.15) is 4.21 Å². The van der Waals surface area contributed by atoms with Crippen molar-refractivity contribution in [2.75, 3.05) is 13.1 Å². The van der Waals surface area contributed by atoms with Crippen LogP contribution in [0.25, 0.3) is 0 Å². The summed E-state index contributed by atoms with van der Waals surface area (Å²) >= 11 is 1.24. The molecule has 1 aromatic rings. The van der Waals surface area contributed by atoms with Gasteiger partial charge in [0, 0.05) is 12.6 Å². The molecule has 0 radical (unpaired) electrons. The van der Waals surface area contributed by atoms with Crippen molar-refractivity contribution in [2.45, 2.75) is 16.7 Å². The Morgan fingerprint density at radius 2 is 2.33 bits per heavy atom. The normalized spacial score (nSPS) is 21.2. The lowest BCUT2D eigenvalue weighted by molar-refractivity contribution is 0.562. The quantitative estimate of drug-likeness (QED) is 0.853. The van der Waals surface area contributed by atoms with Crippen molar-refractivity contribution in [2.24, 2.45) is 0 Å². The van der Waals surface area contributed by atoms with Crippen molar-refractivity contribution >= 4 is 33.8 Å². The van der Waals surface area contributed by atoms with E-state index in [1.54, 1.807) is 17.5 Å². The van der Waals surface area contributed by atoms with Crippen LogP contribution in [0.4, 0.5) is 0 Å². The Morgan fingerprint density at radius 3 is 2.87 bits per heavy atom. The molecule has 1 atom stereocenters. The summed E-state index contributed by atoms with van der Waals surface area (Å²) in [5.41, 5.74) is 0. The molecule has 1 saturated heterocycles. The maximum Gasteiger partial charge on any atom is 0.250 e. The molecular weight excluding hydrogens is 256 g/mol. The molecule has 0 aromatic carbocycles. The second-order valence-electron chi connectivity index (χ2n) is 3.24. The van der Waals surface area contributed by atoms with Crippen LogP contribution in [0.3, 0.4) is 0 Å². The molecule has 0 spiro atoms. The molecule has 0 saturated carbocycles. The van der Waals surface area contributed by atoms with E-state index in [4.69, 9.17) is 0 Å². The SMILES string of the molecule is Cl.O=S(=O)(N[C@H]1CCNC1)c1cccs1. The molecule has 0 bridgehead atoms. The van der Waals surface area contributed by atoms with Crippen LogP contribution >= 0.6 is 23.7 Å². The molecule has 0 amide bonds. The fourth-order valence-corrected chi connectivity index (χ4v) is 3.73. The maximum absolute atomic E-state index is 11.7. The van der Waals surface area contributed by atoms with E-state index < -0.39 is 10.0 Å². The smallest absolute Gasteiger partial charge is 0.250 e. The summed E-state index contributed by atoms with van der Waals surface area (Å²) in [4.78, 5) is 0. The first-order valence-electron chi connectivity index (χ1n) is 4.45. The number of hydrogen-bond donors (Lipinski definition) is 2. The molecule has 1 aliphatic heterocycles. The van der Waals surface area contributed by atoms with Gasteiger partial charge in [-0.1, -0.05) is 6.07 Å². The molecule has 15 heavy (non-hydrogen) atoms. The summed E-state index contributed by atoms with van der Waals surface area (Å²) in [6.07, 6.45) is 0.866. The largest absolute Gasteiger partial charge is 0.315 e. The van der Waals surface area contributed by atoms with Crippen LogP contribution < -0.4 is 10.0 Å². The second kappa shape index (κ2) is 5.27. The van der Waals surface area contributed by atoms with E-state index in [1.165, 1.54) is 11.3 Å². The van der Waals surface area contributed by atoms with Gasteiger partial charge in [0.25, 0.3) is 0 Å². The van der Waals surface area contributed by atoms with Gasteiger partial charge in [-0.3, -0.25) is 0 Å². The van der Waals surface area contributed by atoms with Gasteiger partial charge in [0.15, 0.2) is 0 Å². The van der Waals surface area contributed by atoms with E-state index >= 15 is 0 Å². The van der Waals surface area contributed by atoms with Crippen molar-refractivity contribution < 1.29 is 8.42 Å². The Labute approximate surface area is 99.5 Å². The molecule has 4 nitrogen and oxygen atoms in total. The third-order valence-electron chi connectivity index (χ3n) is 2.14. The number of nitrogens with one attached hydrogen (secondary N) is 2. The number of sulfonamides is 1. The van der Waals surface area contributed by atoms with E-state index in [0.717, 1.165) is 19.5 Å². The Kier molecular flexibility index (Phi) is 4.54. The lowest BCUT2D eigenvalue weighted by Crippen LogP contribution is -2.35. The average Bonchev–Trinajstić information content (AvgIpc) is 2.71. The van der Waals surface area contributed by atoms with Crippen LogP contribution in [0, 0.1) is 0 Å². The zero-order valence-corrected chi connectivity index (χ0v) is 10.4. The van der Waals surface area contributed by atoms with E-state index in [9.17, 15) is 8.42 Å². The number of hydrogen-bond acceptors (Lipinski definition) is 4. The number of rotatable bonds is 3. The topological polar surface area (TPSA) is 58.2 Å². The highest BCUT2D eigenvalue weighted by molar-refractivity contribution is 7.91. The summed E-state index contributed by atoms with van der Waals surface area (Å²) in [6.45, 7) is 1.61. The maximum atomic E-state index is 11.7. The van der Waals surface area contributed by atoms with Gasteiger partial charge in [-0.05, 0) is 24.4 Å². The van der Waals surface area contributed by atoms with Crippen molar-refractivity contribution in [3.8, 4) is 0 Å². The minimum atomic E-state index is -3.27. The predicted molar refractivity (Wildman–Crippen MR) is 63.2 cm³/mol. The predicted octanol–water partition coefficient (Wildman–Crippen LogP) is 0.810. The summed E-state index contributed by atoms with van der Waals surface area (Å²) in [5.74, 6) is 0. The van der Waals surface area contributed by atoms with Crippen LogP contribution in [-0.2, 0) is 10.0 Å². The van der Waals surface area contributed by atoms with Crippen LogP contribution in [0.5, 0.6) is 0 Å². The van der Waals surface area contributed by atoms with Crippen LogP contribution in [0.1, 0.15) is 6.42 Å². The molecule has 1 aliphatic rings. The lowest BCUT2D eigenvalue weighted by atomic mass is 10.3. The fraction of sp³-hybridized carbons (Fsp3) is 0.500. The molecular formula is C8H13ClN2O2S2. The monoisotopic (exact) mass is 268 g/mol. The second-order valence-corrected chi connectivity index (χ2v) is 6.13. The molecule has 2 heterocycles. The van der Waals surface area contributed by atoms with Gasteiger partial charge >= 0.3 is 0 Å². The molecule has 1 aromatic heterocycles. The molecule has 1 fully saturated rings. The third-order valence-corrected chi connectivity index (χ3v) is 5.06. The summed E-state index contributed by atoms with van der Waals surface area (Å²) < 4.78 is 26.5. The number of thiophene rings is 1. The molecule has 2 rings (SSSR count). The van der Waals surface area contributed by atoms with Crippen molar-refractivity contribution in [1.29, 1.82) is 0 Å². The van der Waals surface area contributed by atoms with Gasteiger partial charge in [-0.25, -0.2) is 13.1 Å². The summed E-state index contributed by atoms with van der Waals surface area (Å²) in [5, 5.41) is 4.88. The molecule has 7 heteroatoms. The van der Waals surface area contributed by atoms with Crippen molar-refractivity contribution in [3.63, 3.8) is 0 Å². The summed E-state index contributed by atoms with van der Waals surface area (Å²) in [6, 6.07) is 3.41. The molecule has 86 valence electrons. The molecule has 2 N–H and O–H groups in total. The van der Waals surface area contributed by atoms with Crippen LogP contribution in [-0.4, -0.2) is 27.5 Å². The zero-order valence-electron chi connectivity index (χ0n) is 7.97. The highest BCUT2D eigenvalue weighted by Gasteiger charge is 2.22. The first-order valence-corrected chi connectivity index (χ1v) is 6.81.